The molecule has 0 aliphatic carbocycles. The van der Waals surface area contributed by atoms with Crippen LogP contribution in [0.15, 0.2) is 84.0 Å². The molecule has 1 aliphatic heterocycles. The summed E-state index contributed by atoms with van der Waals surface area (Å²) in [5, 5.41) is 3.49. The van der Waals surface area contributed by atoms with E-state index in [2.05, 4.69) is 60.7 Å². The zero-order valence-corrected chi connectivity index (χ0v) is 23.0. The first-order valence-corrected chi connectivity index (χ1v) is 15.0. The highest BCUT2D eigenvalue weighted by atomic mass is 35.5. The first kappa shape index (κ1) is 24.1. The third-order valence-electron chi connectivity index (χ3n) is 6.26. The van der Waals surface area contributed by atoms with Crippen molar-refractivity contribution in [2.75, 3.05) is 5.73 Å². The maximum Gasteiger partial charge on any atom is 0.191 e. The number of thioether (sulfide) groups is 2. The van der Waals surface area contributed by atoms with Crippen molar-refractivity contribution >= 4 is 74.1 Å². The van der Waals surface area contributed by atoms with E-state index in [0.29, 0.717) is 32.0 Å². The number of fused-ring (bicyclic) bond motifs is 3. The number of rotatable bonds is 5. The van der Waals surface area contributed by atoms with Crippen LogP contribution in [0.4, 0.5) is 5.82 Å². The van der Waals surface area contributed by atoms with Crippen LogP contribution in [-0.4, -0.2) is 9.97 Å². The number of anilines is 1. The lowest BCUT2D eigenvalue weighted by Gasteiger charge is -2.30. The molecular weight excluding hydrogens is 545 g/mol. The number of thiophene rings is 1. The smallest absolute Gasteiger partial charge is 0.191 e. The largest absolute Gasteiger partial charge is 0.383 e. The fourth-order valence-corrected chi connectivity index (χ4v) is 9.01. The molecule has 3 heterocycles. The molecule has 3 nitrogen and oxygen atoms in total. The van der Waals surface area contributed by atoms with E-state index in [9.17, 15) is 0 Å². The summed E-state index contributed by atoms with van der Waals surface area (Å²) in [6.07, 6.45) is 0.910. The number of benzene rings is 3. The standard InChI is InChI=1S/C28H21Cl2N3S3/c29-19-12-11-18(21(30)13-19)15-34-28-32-26(31)23-20-14-22(16-7-3-1-4-8-16)35-24(17-9-5-2-6-10-17)25(20)36-27(23)33-28/h1-13,22,24H,14-15H2,(H2,31,32,33)/t22-,24-/m0/s1. The lowest BCUT2D eigenvalue weighted by atomic mass is 9.98. The van der Waals surface area contributed by atoms with Gasteiger partial charge in [0.1, 0.15) is 10.6 Å². The maximum atomic E-state index is 6.60. The Morgan fingerprint density at radius 1 is 0.917 bits per heavy atom. The van der Waals surface area contributed by atoms with E-state index in [0.717, 1.165) is 22.2 Å². The molecule has 0 radical (unpaired) electrons. The molecule has 0 saturated heterocycles. The molecule has 0 fully saturated rings. The summed E-state index contributed by atoms with van der Waals surface area (Å²) in [6, 6.07) is 27.0. The molecule has 6 rings (SSSR count). The van der Waals surface area contributed by atoms with Gasteiger partial charge in [0.2, 0.25) is 0 Å². The molecule has 0 saturated carbocycles. The van der Waals surface area contributed by atoms with Gasteiger partial charge in [-0.05, 0) is 40.8 Å². The Bertz CT molecular complexity index is 1540. The normalized spacial score (nSPS) is 17.3. The number of halogens is 2. The quantitative estimate of drug-likeness (QED) is 0.170. The molecule has 1 aliphatic rings. The number of hydrogen-bond acceptors (Lipinski definition) is 6. The van der Waals surface area contributed by atoms with Gasteiger partial charge in [-0.2, -0.15) is 0 Å². The Morgan fingerprint density at radius 3 is 2.36 bits per heavy atom. The second-order valence-electron chi connectivity index (χ2n) is 8.57. The van der Waals surface area contributed by atoms with Gasteiger partial charge in [0.25, 0.3) is 0 Å². The van der Waals surface area contributed by atoms with Gasteiger partial charge >= 0.3 is 0 Å². The third kappa shape index (κ3) is 4.73. The summed E-state index contributed by atoms with van der Waals surface area (Å²) < 4.78 is 0. The summed E-state index contributed by atoms with van der Waals surface area (Å²) in [6.45, 7) is 0. The number of aromatic nitrogens is 2. The van der Waals surface area contributed by atoms with E-state index in [1.165, 1.54) is 33.3 Å². The fraction of sp³-hybridized carbons (Fsp3) is 0.143. The fourth-order valence-electron chi connectivity index (χ4n) is 4.52. The van der Waals surface area contributed by atoms with Gasteiger partial charge in [0.15, 0.2) is 5.16 Å². The number of nitrogens with zero attached hydrogens (tertiary/aromatic N) is 2. The van der Waals surface area contributed by atoms with Crippen molar-refractivity contribution in [2.24, 2.45) is 0 Å². The second-order valence-corrected chi connectivity index (χ2v) is 12.7. The Labute approximate surface area is 232 Å². The van der Waals surface area contributed by atoms with Crippen molar-refractivity contribution in [3.63, 3.8) is 0 Å². The van der Waals surface area contributed by atoms with Crippen molar-refractivity contribution in [1.82, 2.24) is 9.97 Å². The van der Waals surface area contributed by atoms with Gasteiger partial charge in [0, 0.05) is 25.9 Å². The van der Waals surface area contributed by atoms with Crippen LogP contribution in [0.25, 0.3) is 10.2 Å². The highest BCUT2D eigenvalue weighted by Gasteiger charge is 2.34. The zero-order valence-electron chi connectivity index (χ0n) is 19.0. The van der Waals surface area contributed by atoms with Crippen molar-refractivity contribution in [1.29, 1.82) is 0 Å². The lowest BCUT2D eigenvalue weighted by molar-refractivity contribution is 0.893. The molecule has 5 aromatic rings. The van der Waals surface area contributed by atoms with Crippen LogP contribution >= 0.6 is 58.1 Å². The van der Waals surface area contributed by atoms with Gasteiger partial charge in [0.05, 0.1) is 10.6 Å². The van der Waals surface area contributed by atoms with Crippen LogP contribution in [0, 0.1) is 0 Å². The van der Waals surface area contributed by atoms with Crippen molar-refractivity contribution in [3.05, 3.63) is 116 Å². The van der Waals surface area contributed by atoms with Gasteiger partial charge in [-0.15, -0.1) is 23.1 Å². The highest BCUT2D eigenvalue weighted by Crippen LogP contribution is 2.55. The monoisotopic (exact) mass is 565 g/mol. The van der Waals surface area contributed by atoms with E-state index in [4.69, 9.17) is 38.9 Å². The number of hydrogen-bond donors (Lipinski definition) is 1. The Kier molecular flexibility index (Phi) is 6.88. The van der Waals surface area contributed by atoms with Gasteiger partial charge in [-0.3, -0.25) is 0 Å². The van der Waals surface area contributed by atoms with Crippen LogP contribution in [0.2, 0.25) is 10.0 Å². The molecule has 3 aromatic carbocycles. The highest BCUT2D eigenvalue weighted by molar-refractivity contribution is 8.00. The predicted molar refractivity (Wildman–Crippen MR) is 157 cm³/mol. The minimum atomic E-state index is 0.225. The van der Waals surface area contributed by atoms with E-state index < -0.39 is 0 Å². The minimum absolute atomic E-state index is 0.225. The summed E-state index contributed by atoms with van der Waals surface area (Å²) in [4.78, 5) is 11.9. The van der Waals surface area contributed by atoms with E-state index >= 15 is 0 Å². The molecule has 2 atom stereocenters. The molecule has 36 heavy (non-hydrogen) atoms. The van der Waals surface area contributed by atoms with Crippen LogP contribution < -0.4 is 5.73 Å². The molecule has 8 heteroatoms. The first-order valence-electron chi connectivity index (χ1n) is 11.5. The van der Waals surface area contributed by atoms with Gasteiger partial charge in [-0.25, -0.2) is 9.97 Å². The topological polar surface area (TPSA) is 51.8 Å². The lowest BCUT2D eigenvalue weighted by Crippen LogP contribution is -2.12. The summed E-state index contributed by atoms with van der Waals surface area (Å²) in [5.74, 6) is 1.19. The Balaban J connectivity index is 1.39. The SMILES string of the molecule is Nc1nc(SCc2ccc(Cl)cc2Cl)nc2sc3c(c12)C[C@@H](c1ccccc1)S[C@H]3c1ccccc1. The average Bonchev–Trinajstić information content (AvgIpc) is 3.27. The second kappa shape index (κ2) is 10.3. The van der Waals surface area contributed by atoms with E-state index in [1.54, 1.807) is 17.4 Å². The van der Waals surface area contributed by atoms with Gasteiger partial charge < -0.3 is 5.73 Å². The molecule has 2 N–H and O–H groups in total. The Hall–Kier alpha value is -2.22. The van der Waals surface area contributed by atoms with E-state index in [-0.39, 0.29) is 5.25 Å². The molecule has 0 amide bonds. The van der Waals surface area contributed by atoms with Crippen LogP contribution in [-0.2, 0) is 12.2 Å². The molecule has 0 bridgehead atoms. The molecule has 180 valence electrons. The molecule has 0 spiro atoms. The van der Waals surface area contributed by atoms with Crippen molar-refractivity contribution < 1.29 is 0 Å². The summed E-state index contributed by atoms with van der Waals surface area (Å²) in [5.41, 5.74) is 11.5. The van der Waals surface area contributed by atoms with Crippen LogP contribution in [0.3, 0.4) is 0 Å². The predicted octanol–water partition coefficient (Wildman–Crippen LogP) is 8.99. The van der Waals surface area contributed by atoms with Crippen molar-refractivity contribution in [3.8, 4) is 0 Å². The molecular formula is C28H21Cl2N3S3. The van der Waals surface area contributed by atoms with E-state index in [1.807, 2.05) is 23.9 Å². The minimum Gasteiger partial charge on any atom is -0.383 e. The molecule has 2 aromatic heterocycles. The summed E-state index contributed by atoms with van der Waals surface area (Å²) in [7, 11) is 0. The van der Waals surface area contributed by atoms with Crippen LogP contribution in [0.5, 0.6) is 0 Å². The first-order chi connectivity index (χ1) is 17.6. The third-order valence-corrected chi connectivity index (χ3v) is 10.6. The van der Waals surface area contributed by atoms with Gasteiger partial charge in [-0.1, -0.05) is 102 Å². The maximum absolute atomic E-state index is 6.60. The number of nitrogens with two attached hydrogens (primary N) is 1. The zero-order chi connectivity index (χ0) is 24.6. The average molecular weight is 567 g/mol. The number of nitrogen functional groups attached to an aromatic ring is 1. The summed E-state index contributed by atoms with van der Waals surface area (Å²) >= 11 is 17.7. The van der Waals surface area contributed by atoms with Crippen molar-refractivity contribution in [2.45, 2.75) is 27.8 Å². The Morgan fingerprint density at radius 2 is 1.64 bits per heavy atom. The van der Waals surface area contributed by atoms with Crippen LogP contribution in [0.1, 0.15) is 37.6 Å². The molecule has 0 unspecified atom stereocenters.